The van der Waals surface area contributed by atoms with E-state index in [1.165, 1.54) is 12.0 Å². The molecular weight excluding hydrogens is 236 g/mol. The zero-order chi connectivity index (χ0) is 13.8. The molecular formula is C17H24O2. The van der Waals surface area contributed by atoms with Crippen molar-refractivity contribution >= 4 is 5.78 Å². The standard InChI is InChI=1S/C17H24O2/c1-12-4-7-15(8-5-12)17(18)11-19-16-9-6-13(2)14(3)10-16/h4-5,7-8,13-14,16H,6,9-11H2,1-3H3. The molecule has 0 saturated heterocycles. The number of aryl methyl sites for hydroxylation is 1. The smallest absolute Gasteiger partial charge is 0.188 e. The van der Waals surface area contributed by atoms with Gasteiger partial charge in [-0.1, -0.05) is 43.7 Å². The van der Waals surface area contributed by atoms with E-state index in [9.17, 15) is 4.79 Å². The Hall–Kier alpha value is -1.15. The molecule has 1 aromatic carbocycles. The molecule has 1 fully saturated rings. The summed E-state index contributed by atoms with van der Waals surface area (Å²) in [6, 6.07) is 7.70. The molecule has 0 N–H and O–H groups in total. The number of Topliss-reactive ketones (excluding diaryl/α,β-unsaturated/α-hetero) is 1. The van der Waals surface area contributed by atoms with E-state index in [0.29, 0.717) is 5.92 Å². The Balaban J connectivity index is 1.82. The highest BCUT2D eigenvalue weighted by molar-refractivity contribution is 5.97. The Bertz CT molecular complexity index is 421. The Morgan fingerprint density at radius 2 is 1.84 bits per heavy atom. The molecule has 3 unspecified atom stereocenters. The second-order valence-corrected chi connectivity index (χ2v) is 5.99. The van der Waals surface area contributed by atoms with Crippen molar-refractivity contribution in [3.05, 3.63) is 35.4 Å². The van der Waals surface area contributed by atoms with E-state index in [-0.39, 0.29) is 18.5 Å². The van der Waals surface area contributed by atoms with Crippen molar-refractivity contribution in [1.29, 1.82) is 0 Å². The highest BCUT2D eigenvalue weighted by atomic mass is 16.5. The molecule has 2 nitrogen and oxygen atoms in total. The lowest BCUT2D eigenvalue weighted by Gasteiger charge is -2.31. The van der Waals surface area contributed by atoms with Gasteiger partial charge in [0.15, 0.2) is 5.78 Å². The van der Waals surface area contributed by atoms with E-state index in [4.69, 9.17) is 4.74 Å². The van der Waals surface area contributed by atoms with Gasteiger partial charge in [0.1, 0.15) is 6.61 Å². The summed E-state index contributed by atoms with van der Waals surface area (Å²) >= 11 is 0. The average Bonchev–Trinajstić information content (AvgIpc) is 2.40. The number of ketones is 1. The maximum atomic E-state index is 12.0. The summed E-state index contributed by atoms with van der Waals surface area (Å²) < 4.78 is 5.80. The van der Waals surface area contributed by atoms with Crippen molar-refractivity contribution in [1.82, 2.24) is 0 Å². The van der Waals surface area contributed by atoms with Crippen molar-refractivity contribution < 1.29 is 9.53 Å². The van der Waals surface area contributed by atoms with Crippen LogP contribution in [0.4, 0.5) is 0 Å². The molecule has 1 aromatic rings. The number of ether oxygens (including phenoxy) is 1. The molecule has 104 valence electrons. The molecule has 0 aromatic heterocycles. The van der Waals surface area contributed by atoms with Gasteiger partial charge in [0.05, 0.1) is 6.10 Å². The van der Waals surface area contributed by atoms with E-state index < -0.39 is 0 Å². The van der Waals surface area contributed by atoms with Crippen LogP contribution in [0.15, 0.2) is 24.3 Å². The van der Waals surface area contributed by atoms with Gasteiger partial charge >= 0.3 is 0 Å². The minimum atomic E-state index is 0.0891. The van der Waals surface area contributed by atoms with Crippen LogP contribution < -0.4 is 0 Å². The summed E-state index contributed by atoms with van der Waals surface area (Å²) in [7, 11) is 0. The van der Waals surface area contributed by atoms with Crippen LogP contribution in [0.5, 0.6) is 0 Å². The maximum Gasteiger partial charge on any atom is 0.188 e. The van der Waals surface area contributed by atoms with Crippen molar-refractivity contribution in [3.8, 4) is 0 Å². The summed E-state index contributed by atoms with van der Waals surface area (Å²) in [4.78, 5) is 12.0. The number of benzene rings is 1. The fraction of sp³-hybridized carbons (Fsp3) is 0.588. The Kier molecular flexibility index (Phi) is 4.76. The van der Waals surface area contributed by atoms with Crippen molar-refractivity contribution in [3.63, 3.8) is 0 Å². The predicted molar refractivity (Wildman–Crippen MR) is 77.4 cm³/mol. The zero-order valence-electron chi connectivity index (χ0n) is 12.2. The molecule has 1 saturated carbocycles. The number of carbonyl (C=O) groups excluding carboxylic acids is 1. The minimum Gasteiger partial charge on any atom is -0.370 e. The third kappa shape index (κ3) is 3.90. The predicted octanol–water partition coefficient (Wildman–Crippen LogP) is 4.02. The number of hydrogen-bond donors (Lipinski definition) is 0. The van der Waals surface area contributed by atoms with E-state index in [1.807, 2.05) is 31.2 Å². The quantitative estimate of drug-likeness (QED) is 0.764. The number of carbonyl (C=O) groups is 1. The molecule has 2 heteroatoms. The molecule has 0 radical (unpaired) electrons. The molecule has 2 rings (SSSR count). The maximum absolute atomic E-state index is 12.0. The highest BCUT2D eigenvalue weighted by Gasteiger charge is 2.25. The van der Waals surface area contributed by atoms with Crippen LogP contribution in [0.1, 0.15) is 49.0 Å². The van der Waals surface area contributed by atoms with Crippen LogP contribution in [0.25, 0.3) is 0 Å². The lowest BCUT2D eigenvalue weighted by molar-refractivity contribution is 0.00708. The van der Waals surface area contributed by atoms with Gasteiger partial charge in [0.2, 0.25) is 0 Å². The summed E-state index contributed by atoms with van der Waals surface area (Å²) in [6.07, 6.45) is 3.65. The van der Waals surface area contributed by atoms with Gasteiger partial charge in [0, 0.05) is 5.56 Å². The monoisotopic (exact) mass is 260 g/mol. The number of rotatable bonds is 4. The summed E-state index contributed by atoms with van der Waals surface area (Å²) in [5, 5.41) is 0. The van der Waals surface area contributed by atoms with Gasteiger partial charge in [-0.15, -0.1) is 0 Å². The summed E-state index contributed by atoms with van der Waals surface area (Å²) in [5.74, 6) is 1.58. The first-order valence-corrected chi connectivity index (χ1v) is 7.27. The van der Waals surface area contributed by atoms with Gasteiger partial charge in [-0.3, -0.25) is 4.79 Å². The minimum absolute atomic E-state index is 0.0891. The molecule has 0 spiro atoms. The topological polar surface area (TPSA) is 26.3 Å². The Morgan fingerprint density at radius 1 is 1.16 bits per heavy atom. The Morgan fingerprint density at radius 3 is 2.47 bits per heavy atom. The molecule has 1 aliphatic rings. The molecule has 0 amide bonds. The zero-order valence-corrected chi connectivity index (χ0v) is 12.2. The third-order valence-electron chi connectivity index (χ3n) is 4.37. The lowest BCUT2D eigenvalue weighted by atomic mass is 9.80. The first-order valence-electron chi connectivity index (χ1n) is 7.27. The van der Waals surface area contributed by atoms with Gasteiger partial charge in [0.25, 0.3) is 0 Å². The van der Waals surface area contributed by atoms with Crippen LogP contribution in [0, 0.1) is 18.8 Å². The molecule has 0 aliphatic heterocycles. The fourth-order valence-electron chi connectivity index (χ4n) is 2.67. The first-order chi connectivity index (χ1) is 9.06. The van der Waals surface area contributed by atoms with Crippen molar-refractivity contribution in [2.45, 2.75) is 46.1 Å². The molecule has 0 bridgehead atoms. The van der Waals surface area contributed by atoms with E-state index in [2.05, 4.69) is 13.8 Å². The van der Waals surface area contributed by atoms with Crippen LogP contribution in [0.2, 0.25) is 0 Å². The highest BCUT2D eigenvalue weighted by Crippen LogP contribution is 2.30. The second-order valence-electron chi connectivity index (χ2n) is 5.99. The van der Waals surface area contributed by atoms with Crippen LogP contribution in [0.3, 0.4) is 0 Å². The lowest BCUT2D eigenvalue weighted by Crippen LogP contribution is -2.28. The van der Waals surface area contributed by atoms with Gasteiger partial charge in [-0.25, -0.2) is 0 Å². The molecule has 19 heavy (non-hydrogen) atoms. The van der Waals surface area contributed by atoms with Crippen molar-refractivity contribution in [2.24, 2.45) is 11.8 Å². The normalized spacial score (nSPS) is 27.2. The van der Waals surface area contributed by atoms with Crippen LogP contribution in [-0.2, 0) is 4.74 Å². The molecule has 1 aliphatic carbocycles. The second kappa shape index (κ2) is 6.33. The SMILES string of the molecule is Cc1ccc(C(=O)COC2CCC(C)C(C)C2)cc1. The van der Waals surface area contributed by atoms with E-state index in [1.54, 1.807) is 0 Å². The van der Waals surface area contributed by atoms with E-state index >= 15 is 0 Å². The van der Waals surface area contributed by atoms with Crippen LogP contribution in [-0.4, -0.2) is 18.5 Å². The van der Waals surface area contributed by atoms with Gasteiger partial charge in [-0.2, -0.15) is 0 Å². The largest absolute Gasteiger partial charge is 0.370 e. The fourth-order valence-corrected chi connectivity index (χ4v) is 2.67. The van der Waals surface area contributed by atoms with Crippen molar-refractivity contribution in [2.75, 3.05) is 6.61 Å². The van der Waals surface area contributed by atoms with Gasteiger partial charge in [-0.05, 0) is 38.0 Å². The average molecular weight is 260 g/mol. The molecule has 0 heterocycles. The van der Waals surface area contributed by atoms with Gasteiger partial charge < -0.3 is 4.74 Å². The summed E-state index contributed by atoms with van der Waals surface area (Å²) in [6.45, 7) is 6.82. The van der Waals surface area contributed by atoms with E-state index in [0.717, 1.165) is 24.3 Å². The first kappa shape index (κ1) is 14.3. The Labute approximate surface area is 116 Å². The third-order valence-corrected chi connectivity index (χ3v) is 4.37. The summed E-state index contributed by atoms with van der Waals surface area (Å²) in [5.41, 5.74) is 1.93. The number of hydrogen-bond acceptors (Lipinski definition) is 2. The molecule has 3 atom stereocenters. The van der Waals surface area contributed by atoms with Crippen LogP contribution >= 0.6 is 0 Å².